The van der Waals surface area contributed by atoms with E-state index in [0.717, 1.165) is 60.8 Å². The van der Waals surface area contributed by atoms with Gasteiger partial charge in [0, 0.05) is 37.3 Å². The number of fused-ring (bicyclic) bond motifs is 1. The Morgan fingerprint density at radius 3 is 2.88 bits per heavy atom. The van der Waals surface area contributed by atoms with Gasteiger partial charge in [-0.05, 0) is 42.3 Å². The molecule has 4 rings (SSSR count). The van der Waals surface area contributed by atoms with Crippen LogP contribution in [0.5, 0.6) is 5.75 Å². The molecule has 1 aromatic heterocycles. The van der Waals surface area contributed by atoms with Gasteiger partial charge in [-0.15, -0.1) is 0 Å². The number of morpholine rings is 1. The van der Waals surface area contributed by atoms with Gasteiger partial charge in [-0.1, -0.05) is 41.1 Å². The molecule has 1 aliphatic heterocycles. The SMILES string of the molecule is COc1ccc2nc(N(CCCN3CCOCC3)C(=O)/C=C/c3ccccc3Cl)sc2c1. The van der Waals surface area contributed by atoms with E-state index in [4.69, 9.17) is 26.1 Å². The monoisotopic (exact) mass is 471 g/mol. The van der Waals surface area contributed by atoms with Crippen molar-refractivity contribution in [2.24, 2.45) is 0 Å². The maximum absolute atomic E-state index is 13.2. The maximum Gasteiger partial charge on any atom is 0.252 e. The quantitative estimate of drug-likeness (QED) is 0.445. The third kappa shape index (κ3) is 5.66. The summed E-state index contributed by atoms with van der Waals surface area (Å²) < 4.78 is 11.7. The molecule has 0 bridgehead atoms. The number of carbonyl (C=O) groups excluding carboxylic acids is 1. The molecule has 0 atom stereocenters. The second kappa shape index (κ2) is 10.9. The van der Waals surface area contributed by atoms with Crippen molar-refractivity contribution < 1.29 is 14.3 Å². The molecule has 2 aromatic carbocycles. The maximum atomic E-state index is 13.2. The second-order valence-corrected chi connectivity index (χ2v) is 8.90. The minimum Gasteiger partial charge on any atom is -0.497 e. The Balaban J connectivity index is 1.54. The summed E-state index contributed by atoms with van der Waals surface area (Å²) >= 11 is 7.74. The molecule has 0 N–H and O–H groups in total. The van der Waals surface area contributed by atoms with E-state index < -0.39 is 0 Å². The van der Waals surface area contributed by atoms with E-state index in [0.29, 0.717) is 16.7 Å². The molecule has 8 heteroatoms. The van der Waals surface area contributed by atoms with Gasteiger partial charge < -0.3 is 9.47 Å². The Kier molecular flexibility index (Phi) is 7.76. The third-order valence-corrected chi connectivity index (χ3v) is 6.74. The number of nitrogens with zero attached hydrogens (tertiary/aromatic N) is 3. The number of anilines is 1. The average Bonchev–Trinajstić information content (AvgIpc) is 3.24. The van der Waals surface area contributed by atoms with E-state index in [2.05, 4.69) is 4.90 Å². The van der Waals surface area contributed by atoms with Crippen LogP contribution in [0.3, 0.4) is 0 Å². The standard InChI is InChI=1S/C24H26ClN3O3S/c1-30-19-8-9-21-22(17-19)32-24(26-21)28(12-4-11-27-13-15-31-16-14-27)23(29)10-7-18-5-2-3-6-20(18)25/h2-3,5-10,17H,4,11-16H2,1H3/b10-7+. The molecule has 0 saturated carbocycles. The van der Waals surface area contributed by atoms with Crippen molar-refractivity contribution in [3.05, 3.63) is 59.1 Å². The zero-order valence-corrected chi connectivity index (χ0v) is 19.6. The smallest absolute Gasteiger partial charge is 0.252 e. The number of hydrogen-bond acceptors (Lipinski definition) is 6. The van der Waals surface area contributed by atoms with Gasteiger partial charge in [0.2, 0.25) is 0 Å². The van der Waals surface area contributed by atoms with E-state index in [9.17, 15) is 4.79 Å². The molecule has 0 spiro atoms. The Morgan fingerprint density at radius 2 is 2.09 bits per heavy atom. The average molecular weight is 472 g/mol. The summed E-state index contributed by atoms with van der Waals surface area (Å²) in [6.45, 7) is 4.90. The lowest BCUT2D eigenvalue weighted by atomic mass is 10.2. The lowest BCUT2D eigenvalue weighted by Crippen LogP contribution is -2.39. The van der Waals surface area contributed by atoms with Crippen molar-refractivity contribution in [3.63, 3.8) is 0 Å². The molecule has 2 heterocycles. The first kappa shape index (κ1) is 22.7. The first-order valence-corrected chi connectivity index (χ1v) is 11.8. The summed E-state index contributed by atoms with van der Waals surface area (Å²) in [4.78, 5) is 22.1. The van der Waals surface area contributed by atoms with Crippen LogP contribution >= 0.6 is 22.9 Å². The number of amides is 1. The summed E-state index contributed by atoms with van der Waals surface area (Å²) in [5, 5.41) is 1.30. The molecular weight excluding hydrogens is 446 g/mol. The molecule has 32 heavy (non-hydrogen) atoms. The summed E-state index contributed by atoms with van der Waals surface area (Å²) in [5.74, 6) is 0.662. The number of ether oxygens (including phenoxy) is 2. The number of hydrogen-bond donors (Lipinski definition) is 0. The number of carbonyl (C=O) groups is 1. The normalized spacial score (nSPS) is 14.8. The van der Waals surface area contributed by atoms with Gasteiger partial charge in [-0.3, -0.25) is 14.6 Å². The van der Waals surface area contributed by atoms with Gasteiger partial charge in [-0.2, -0.15) is 0 Å². The van der Waals surface area contributed by atoms with Gasteiger partial charge >= 0.3 is 0 Å². The van der Waals surface area contributed by atoms with Crippen molar-refractivity contribution in [2.45, 2.75) is 6.42 Å². The minimum atomic E-state index is -0.113. The topological polar surface area (TPSA) is 54.9 Å². The van der Waals surface area contributed by atoms with Crippen LogP contribution in [0.25, 0.3) is 16.3 Å². The zero-order valence-electron chi connectivity index (χ0n) is 18.0. The number of rotatable bonds is 8. The first-order valence-electron chi connectivity index (χ1n) is 10.6. The first-order chi connectivity index (χ1) is 15.6. The Labute approximate surface area is 197 Å². The predicted molar refractivity (Wildman–Crippen MR) is 131 cm³/mol. The highest BCUT2D eigenvalue weighted by Crippen LogP contribution is 2.32. The van der Waals surface area contributed by atoms with Crippen LogP contribution in [0.2, 0.25) is 5.02 Å². The van der Waals surface area contributed by atoms with Crippen molar-refractivity contribution in [2.75, 3.05) is 51.4 Å². The largest absolute Gasteiger partial charge is 0.497 e. The van der Waals surface area contributed by atoms with Crippen LogP contribution < -0.4 is 9.64 Å². The van der Waals surface area contributed by atoms with Gasteiger partial charge in [0.05, 0.1) is 30.5 Å². The van der Waals surface area contributed by atoms with E-state index in [1.54, 1.807) is 24.2 Å². The molecule has 168 valence electrons. The molecule has 3 aromatic rings. The van der Waals surface area contributed by atoms with Crippen LogP contribution in [-0.2, 0) is 9.53 Å². The summed E-state index contributed by atoms with van der Waals surface area (Å²) in [6.07, 6.45) is 4.18. The van der Waals surface area contributed by atoms with E-state index in [1.165, 1.54) is 11.3 Å². The van der Waals surface area contributed by atoms with Crippen molar-refractivity contribution >= 4 is 50.3 Å². The molecular formula is C24H26ClN3O3S. The van der Waals surface area contributed by atoms with Crippen molar-refractivity contribution in [3.8, 4) is 5.75 Å². The summed E-state index contributed by atoms with van der Waals surface area (Å²) in [5.41, 5.74) is 1.66. The Hall–Kier alpha value is -2.45. The van der Waals surface area contributed by atoms with Gasteiger partial charge in [-0.25, -0.2) is 4.98 Å². The zero-order chi connectivity index (χ0) is 22.3. The van der Waals surface area contributed by atoms with Crippen molar-refractivity contribution in [1.29, 1.82) is 0 Å². The van der Waals surface area contributed by atoms with Crippen LogP contribution in [0.15, 0.2) is 48.5 Å². The fourth-order valence-corrected chi connectivity index (χ4v) is 4.80. The van der Waals surface area contributed by atoms with Crippen LogP contribution in [0.1, 0.15) is 12.0 Å². The van der Waals surface area contributed by atoms with E-state index in [1.807, 2.05) is 42.5 Å². The Bertz CT molecular complexity index is 1100. The number of thiazole rings is 1. The van der Waals surface area contributed by atoms with E-state index in [-0.39, 0.29) is 5.91 Å². The summed E-state index contributed by atoms with van der Waals surface area (Å²) in [7, 11) is 1.64. The molecule has 1 fully saturated rings. The molecule has 0 unspecified atom stereocenters. The number of aromatic nitrogens is 1. The second-order valence-electron chi connectivity index (χ2n) is 7.48. The third-order valence-electron chi connectivity index (χ3n) is 5.35. The minimum absolute atomic E-state index is 0.113. The Morgan fingerprint density at radius 1 is 1.28 bits per heavy atom. The van der Waals surface area contributed by atoms with Gasteiger partial charge in [0.25, 0.3) is 5.91 Å². The van der Waals surface area contributed by atoms with Crippen LogP contribution in [-0.4, -0.2) is 62.3 Å². The van der Waals surface area contributed by atoms with Crippen molar-refractivity contribution in [1.82, 2.24) is 9.88 Å². The molecule has 1 aliphatic rings. The fourth-order valence-electron chi connectivity index (χ4n) is 3.57. The van der Waals surface area contributed by atoms with E-state index >= 15 is 0 Å². The molecule has 0 aliphatic carbocycles. The van der Waals surface area contributed by atoms with Gasteiger partial charge in [0.1, 0.15) is 5.75 Å². The highest BCUT2D eigenvalue weighted by atomic mass is 35.5. The molecule has 1 saturated heterocycles. The summed E-state index contributed by atoms with van der Waals surface area (Å²) in [6, 6.07) is 13.2. The highest BCUT2D eigenvalue weighted by Gasteiger charge is 2.19. The predicted octanol–water partition coefficient (Wildman–Crippen LogP) is 4.73. The number of halogens is 1. The number of methoxy groups -OCH3 is 1. The molecule has 1 amide bonds. The van der Waals surface area contributed by atoms with Crippen LogP contribution in [0, 0.1) is 0 Å². The highest BCUT2D eigenvalue weighted by molar-refractivity contribution is 7.22. The molecule has 0 radical (unpaired) electrons. The van der Waals surface area contributed by atoms with Crippen LogP contribution in [0.4, 0.5) is 5.13 Å². The number of benzene rings is 2. The molecule has 6 nitrogen and oxygen atoms in total. The lowest BCUT2D eigenvalue weighted by Gasteiger charge is -2.27. The lowest BCUT2D eigenvalue weighted by molar-refractivity contribution is -0.114. The van der Waals surface area contributed by atoms with Gasteiger partial charge in [0.15, 0.2) is 5.13 Å². The fraction of sp³-hybridized carbons (Fsp3) is 0.333.